The number of carbonyl (C=O) groups excluding carboxylic acids is 1. The Hall–Kier alpha value is -1.42. The van der Waals surface area contributed by atoms with E-state index in [2.05, 4.69) is 5.32 Å². The Morgan fingerprint density at radius 2 is 2.36 bits per heavy atom. The first kappa shape index (κ1) is 10.7. The van der Waals surface area contributed by atoms with Gasteiger partial charge in [0, 0.05) is 6.04 Å². The van der Waals surface area contributed by atoms with Crippen LogP contribution in [0.5, 0.6) is 0 Å². The van der Waals surface area contributed by atoms with Crippen molar-refractivity contribution in [2.75, 3.05) is 6.54 Å². The van der Waals surface area contributed by atoms with E-state index in [1.54, 1.807) is 12.1 Å². The van der Waals surface area contributed by atoms with Crippen molar-refractivity contribution in [1.29, 1.82) is 0 Å². The molecule has 0 saturated heterocycles. The minimum Gasteiger partial charge on any atom is -0.369 e. The summed E-state index contributed by atoms with van der Waals surface area (Å²) in [5, 5.41) is 2.88. The SMILES string of the molecule is CC(NCC(N)=O)c1cccc(F)c1. The van der Waals surface area contributed by atoms with Crippen molar-refractivity contribution in [2.45, 2.75) is 13.0 Å². The molecule has 4 heteroatoms. The fraction of sp³-hybridized carbons (Fsp3) is 0.300. The molecule has 3 N–H and O–H groups in total. The molecule has 14 heavy (non-hydrogen) atoms. The molecule has 0 bridgehead atoms. The second-order valence-electron chi connectivity index (χ2n) is 3.12. The molecule has 0 aliphatic heterocycles. The predicted octanol–water partition coefficient (Wildman–Crippen LogP) is 0.962. The van der Waals surface area contributed by atoms with Crippen molar-refractivity contribution in [3.63, 3.8) is 0 Å². The van der Waals surface area contributed by atoms with Gasteiger partial charge >= 0.3 is 0 Å². The maximum atomic E-state index is 12.8. The minimum absolute atomic E-state index is 0.0850. The highest BCUT2D eigenvalue weighted by Gasteiger charge is 2.06. The van der Waals surface area contributed by atoms with Crippen molar-refractivity contribution >= 4 is 5.91 Å². The zero-order valence-corrected chi connectivity index (χ0v) is 7.96. The van der Waals surface area contributed by atoms with Gasteiger partial charge in [0.2, 0.25) is 5.91 Å². The Labute approximate surface area is 82.1 Å². The molecule has 1 aromatic rings. The summed E-state index contributed by atoms with van der Waals surface area (Å²) in [5.74, 6) is -0.705. The molecule has 0 radical (unpaired) electrons. The molecule has 0 aliphatic rings. The van der Waals surface area contributed by atoms with Gasteiger partial charge in [-0.2, -0.15) is 0 Å². The highest BCUT2D eigenvalue weighted by molar-refractivity contribution is 5.75. The van der Waals surface area contributed by atoms with Gasteiger partial charge in [-0.25, -0.2) is 4.39 Å². The highest BCUT2D eigenvalue weighted by Crippen LogP contribution is 2.12. The smallest absolute Gasteiger partial charge is 0.231 e. The number of halogens is 1. The summed E-state index contributed by atoms with van der Waals surface area (Å²) in [5.41, 5.74) is 5.77. The number of hydrogen-bond acceptors (Lipinski definition) is 2. The fourth-order valence-corrected chi connectivity index (χ4v) is 1.15. The van der Waals surface area contributed by atoms with Crippen molar-refractivity contribution in [1.82, 2.24) is 5.32 Å². The van der Waals surface area contributed by atoms with E-state index in [1.807, 2.05) is 6.92 Å². The first-order valence-electron chi connectivity index (χ1n) is 4.36. The zero-order valence-electron chi connectivity index (χ0n) is 7.96. The summed E-state index contributed by atoms with van der Waals surface area (Å²) in [6.45, 7) is 1.94. The lowest BCUT2D eigenvalue weighted by Crippen LogP contribution is -2.30. The van der Waals surface area contributed by atoms with E-state index in [9.17, 15) is 9.18 Å². The lowest BCUT2D eigenvalue weighted by Gasteiger charge is -2.12. The average Bonchev–Trinajstić information content (AvgIpc) is 2.14. The van der Waals surface area contributed by atoms with Crippen molar-refractivity contribution in [3.8, 4) is 0 Å². The summed E-state index contributed by atoms with van der Waals surface area (Å²) in [4.78, 5) is 10.5. The number of benzene rings is 1. The van der Waals surface area contributed by atoms with Gasteiger partial charge in [-0.1, -0.05) is 12.1 Å². The van der Waals surface area contributed by atoms with Crippen LogP contribution in [0, 0.1) is 5.82 Å². The van der Waals surface area contributed by atoms with Gasteiger partial charge < -0.3 is 11.1 Å². The van der Waals surface area contributed by atoms with Crippen LogP contribution in [-0.2, 0) is 4.79 Å². The number of hydrogen-bond donors (Lipinski definition) is 2. The van der Waals surface area contributed by atoms with Crippen molar-refractivity contribution in [3.05, 3.63) is 35.6 Å². The third-order valence-electron chi connectivity index (χ3n) is 1.93. The summed E-state index contributed by atoms with van der Waals surface area (Å²) < 4.78 is 12.8. The number of rotatable bonds is 4. The second-order valence-corrected chi connectivity index (χ2v) is 3.12. The first-order valence-corrected chi connectivity index (χ1v) is 4.36. The van der Waals surface area contributed by atoms with E-state index in [1.165, 1.54) is 12.1 Å². The van der Waals surface area contributed by atoms with E-state index >= 15 is 0 Å². The van der Waals surface area contributed by atoms with Crippen LogP contribution in [0.3, 0.4) is 0 Å². The third-order valence-corrected chi connectivity index (χ3v) is 1.93. The number of amides is 1. The molecule has 0 heterocycles. The van der Waals surface area contributed by atoms with E-state index in [0.717, 1.165) is 5.56 Å². The maximum absolute atomic E-state index is 12.8. The standard InChI is InChI=1S/C10H13FN2O/c1-7(13-6-10(12)14)8-3-2-4-9(11)5-8/h2-5,7,13H,6H2,1H3,(H2,12,14). The molecule has 0 spiro atoms. The molecule has 1 atom stereocenters. The van der Waals surface area contributed by atoms with Gasteiger partial charge in [0.05, 0.1) is 6.54 Å². The molecule has 0 fully saturated rings. The molecule has 76 valence electrons. The van der Waals surface area contributed by atoms with E-state index in [0.29, 0.717) is 0 Å². The molecule has 1 aromatic carbocycles. The quantitative estimate of drug-likeness (QED) is 0.753. The predicted molar refractivity (Wildman–Crippen MR) is 52.0 cm³/mol. The van der Waals surface area contributed by atoms with Gasteiger partial charge in [-0.3, -0.25) is 4.79 Å². The monoisotopic (exact) mass is 196 g/mol. The summed E-state index contributed by atoms with van der Waals surface area (Å²) in [6.07, 6.45) is 0. The van der Waals surface area contributed by atoms with Gasteiger partial charge in [0.1, 0.15) is 5.82 Å². The molecular formula is C10H13FN2O. The van der Waals surface area contributed by atoms with E-state index in [-0.39, 0.29) is 18.4 Å². The van der Waals surface area contributed by atoms with Crippen molar-refractivity contribution in [2.24, 2.45) is 5.73 Å². The van der Waals surface area contributed by atoms with Crippen LogP contribution in [0.4, 0.5) is 4.39 Å². The maximum Gasteiger partial charge on any atom is 0.231 e. The summed E-state index contributed by atoms with van der Waals surface area (Å²) >= 11 is 0. The fourth-order valence-electron chi connectivity index (χ4n) is 1.15. The van der Waals surface area contributed by atoms with Gasteiger partial charge in [0.25, 0.3) is 0 Å². The largest absolute Gasteiger partial charge is 0.369 e. The highest BCUT2D eigenvalue weighted by atomic mass is 19.1. The Morgan fingerprint density at radius 1 is 1.64 bits per heavy atom. The van der Waals surface area contributed by atoms with Crippen molar-refractivity contribution < 1.29 is 9.18 Å². The summed E-state index contributed by atoms with van der Waals surface area (Å²) in [6, 6.07) is 6.15. The molecule has 3 nitrogen and oxygen atoms in total. The molecule has 0 saturated carbocycles. The van der Waals surface area contributed by atoms with Crippen LogP contribution in [0.25, 0.3) is 0 Å². The lowest BCUT2D eigenvalue weighted by atomic mass is 10.1. The number of primary amides is 1. The van der Waals surface area contributed by atoms with Gasteiger partial charge in [0.15, 0.2) is 0 Å². The zero-order chi connectivity index (χ0) is 10.6. The minimum atomic E-state index is -0.423. The first-order chi connectivity index (χ1) is 6.59. The Balaban J connectivity index is 2.60. The molecule has 0 aromatic heterocycles. The Morgan fingerprint density at radius 3 is 2.93 bits per heavy atom. The number of nitrogens with one attached hydrogen (secondary N) is 1. The summed E-state index contributed by atoms with van der Waals surface area (Å²) in [7, 11) is 0. The van der Waals surface area contributed by atoms with Crippen LogP contribution >= 0.6 is 0 Å². The van der Waals surface area contributed by atoms with Gasteiger partial charge in [-0.15, -0.1) is 0 Å². The Kier molecular flexibility index (Phi) is 3.59. The van der Waals surface area contributed by atoms with Crippen LogP contribution in [-0.4, -0.2) is 12.5 Å². The number of carbonyl (C=O) groups is 1. The van der Waals surface area contributed by atoms with Crippen LogP contribution in [0.15, 0.2) is 24.3 Å². The third kappa shape index (κ3) is 3.14. The van der Waals surface area contributed by atoms with E-state index < -0.39 is 5.91 Å². The second kappa shape index (κ2) is 4.72. The van der Waals surface area contributed by atoms with Gasteiger partial charge in [-0.05, 0) is 24.6 Å². The molecule has 1 rings (SSSR count). The topological polar surface area (TPSA) is 55.1 Å². The normalized spacial score (nSPS) is 12.4. The van der Waals surface area contributed by atoms with E-state index in [4.69, 9.17) is 5.73 Å². The lowest BCUT2D eigenvalue weighted by molar-refractivity contribution is -0.117. The number of nitrogens with two attached hydrogens (primary N) is 1. The Bertz CT molecular complexity index is 328. The average molecular weight is 196 g/mol. The van der Waals surface area contributed by atoms with Crippen LogP contribution < -0.4 is 11.1 Å². The molecule has 1 unspecified atom stereocenters. The molecule has 0 aliphatic carbocycles. The molecular weight excluding hydrogens is 183 g/mol. The molecule has 1 amide bonds. The van der Waals surface area contributed by atoms with Crippen LogP contribution in [0.1, 0.15) is 18.5 Å². The van der Waals surface area contributed by atoms with Crippen LogP contribution in [0.2, 0.25) is 0 Å².